The maximum absolute atomic E-state index is 14.1. The van der Waals surface area contributed by atoms with Crippen LogP contribution in [0.15, 0.2) is 84.9 Å². The number of carbonyl (C=O) groups excluding carboxylic acids is 1. The number of halogens is 1. The standard InChI is InChI=1S/C23H20FNO2/c1-27-20-15-13-19(14-16-20)25(17-7-10-18-8-3-2-4-9-18)23(26)21-11-5-6-12-22(21)24/h2-16H,17H2,1H3/b10-7+. The molecule has 0 heterocycles. The van der Waals surface area contributed by atoms with E-state index >= 15 is 0 Å². The second-order valence-electron chi connectivity index (χ2n) is 5.91. The number of benzene rings is 3. The quantitative estimate of drug-likeness (QED) is 0.604. The van der Waals surface area contributed by atoms with Crippen molar-refractivity contribution in [3.05, 3.63) is 102 Å². The minimum atomic E-state index is -0.534. The Hall–Kier alpha value is -3.40. The van der Waals surface area contributed by atoms with Crippen molar-refractivity contribution in [2.75, 3.05) is 18.6 Å². The van der Waals surface area contributed by atoms with E-state index in [2.05, 4.69) is 0 Å². The molecular weight excluding hydrogens is 341 g/mol. The van der Waals surface area contributed by atoms with Gasteiger partial charge in [0, 0.05) is 12.2 Å². The van der Waals surface area contributed by atoms with Gasteiger partial charge < -0.3 is 9.64 Å². The number of hydrogen-bond acceptors (Lipinski definition) is 2. The van der Waals surface area contributed by atoms with Gasteiger partial charge in [0.25, 0.3) is 5.91 Å². The van der Waals surface area contributed by atoms with Crippen molar-refractivity contribution < 1.29 is 13.9 Å². The minimum absolute atomic E-state index is 0.0430. The van der Waals surface area contributed by atoms with Crippen molar-refractivity contribution in [1.82, 2.24) is 0 Å². The predicted octanol–water partition coefficient (Wildman–Crippen LogP) is 5.19. The molecule has 3 aromatic rings. The normalized spacial score (nSPS) is 10.7. The van der Waals surface area contributed by atoms with Gasteiger partial charge in [-0.15, -0.1) is 0 Å². The third-order valence-electron chi connectivity index (χ3n) is 4.13. The summed E-state index contributed by atoms with van der Waals surface area (Å²) in [5, 5.41) is 0. The van der Waals surface area contributed by atoms with Gasteiger partial charge in [0.05, 0.1) is 12.7 Å². The fourth-order valence-electron chi connectivity index (χ4n) is 2.71. The van der Waals surface area contributed by atoms with E-state index in [9.17, 15) is 9.18 Å². The minimum Gasteiger partial charge on any atom is -0.497 e. The van der Waals surface area contributed by atoms with E-state index in [0.29, 0.717) is 18.0 Å². The Balaban J connectivity index is 1.89. The van der Waals surface area contributed by atoms with E-state index in [1.807, 2.05) is 42.5 Å². The van der Waals surface area contributed by atoms with E-state index in [1.165, 1.54) is 17.0 Å². The van der Waals surface area contributed by atoms with Gasteiger partial charge in [-0.3, -0.25) is 4.79 Å². The molecule has 1 amide bonds. The monoisotopic (exact) mass is 361 g/mol. The van der Waals surface area contributed by atoms with Crippen LogP contribution in [0.1, 0.15) is 15.9 Å². The van der Waals surface area contributed by atoms with Gasteiger partial charge in [0.15, 0.2) is 0 Å². The highest BCUT2D eigenvalue weighted by Crippen LogP contribution is 2.22. The summed E-state index contributed by atoms with van der Waals surface area (Å²) in [5.74, 6) is -0.235. The van der Waals surface area contributed by atoms with E-state index in [-0.39, 0.29) is 5.56 Å². The molecule has 0 saturated carbocycles. The van der Waals surface area contributed by atoms with Crippen molar-refractivity contribution in [2.45, 2.75) is 0 Å². The van der Waals surface area contributed by atoms with Crippen molar-refractivity contribution in [3.8, 4) is 5.75 Å². The molecule has 0 atom stereocenters. The third kappa shape index (κ3) is 4.61. The summed E-state index contributed by atoms with van der Waals surface area (Å²) in [6.45, 7) is 0.314. The molecule has 0 aliphatic rings. The first-order valence-electron chi connectivity index (χ1n) is 8.61. The van der Waals surface area contributed by atoms with Gasteiger partial charge in [-0.05, 0) is 42.0 Å². The zero-order valence-electron chi connectivity index (χ0n) is 15.0. The average molecular weight is 361 g/mol. The summed E-state index contributed by atoms with van der Waals surface area (Å²) in [6, 6.07) is 22.9. The molecule has 3 nitrogen and oxygen atoms in total. The van der Waals surface area contributed by atoms with Crippen molar-refractivity contribution in [1.29, 1.82) is 0 Å². The molecule has 27 heavy (non-hydrogen) atoms. The molecule has 0 fully saturated rings. The first-order chi connectivity index (χ1) is 13.2. The molecule has 0 aromatic heterocycles. The predicted molar refractivity (Wildman–Crippen MR) is 107 cm³/mol. The van der Waals surface area contributed by atoms with Gasteiger partial charge in [0.2, 0.25) is 0 Å². The zero-order chi connectivity index (χ0) is 19.1. The molecule has 136 valence electrons. The number of methoxy groups -OCH3 is 1. The summed E-state index contributed by atoms with van der Waals surface area (Å²) in [6.07, 6.45) is 3.82. The van der Waals surface area contributed by atoms with Gasteiger partial charge in [-0.1, -0.05) is 54.6 Å². The lowest BCUT2D eigenvalue weighted by atomic mass is 10.1. The van der Waals surface area contributed by atoms with E-state index in [0.717, 1.165) is 5.56 Å². The van der Waals surface area contributed by atoms with E-state index in [4.69, 9.17) is 4.74 Å². The van der Waals surface area contributed by atoms with Crippen LogP contribution in [0, 0.1) is 5.82 Å². The highest BCUT2D eigenvalue weighted by atomic mass is 19.1. The summed E-state index contributed by atoms with van der Waals surface area (Å²) in [7, 11) is 1.58. The highest BCUT2D eigenvalue weighted by molar-refractivity contribution is 6.06. The first-order valence-corrected chi connectivity index (χ1v) is 8.61. The molecular formula is C23H20FNO2. The molecule has 0 radical (unpaired) electrons. The van der Waals surface area contributed by atoms with Crippen LogP contribution in [-0.2, 0) is 0 Å². The Kier molecular flexibility index (Phi) is 6.00. The SMILES string of the molecule is COc1ccc(N(C/C=C/c2ccccc2)C(=O)c2ccccc2F)cc1. The number of nitrogens with zero attached hydrogens (tertiary/aromatic N) is 1. The van der Waals surface area contributed by atoms with Crippen LogP contribution < -0.4 is 9.64 Å². The lowest BCUT2D eigenvalue weighted by Crippen LogP contribution is -2.31. The lowest BCUT2D eigenvalue weighted by molar-refractivity contribution is 0.0986. The molecule has 0 spiro atoms. The maximum Gasteiger partial charge on any atom is 0.261 e. The smallest absolute Gasteiger partial charge is 0.261 e. The lowest BCUT2D eigenvalue weighted by Gasteiger charge is -2.22. The number of carbonyl (C=O) groups is 1. The summed E-state index contributed by atoms with van der Waals surface area (Å²) < 4.78 is 19.3. The second-order valence-corrected chi connectivity index (χ2v) is 5.91. The Morgan fingerprint density at radius 1 is 0.963 bits per heavy atom. The topological polar surface area (TPSA) is 29.5 Å². The van der Waals surface area contributed by atoms with Crippen LogP contribution in [0.25, 0.3) is 6.08 Å². The molecule has 0 aliphatic heterocycles. The van der Waals surface area contributed by atoms with E-state index < -0.39 is 11.7 Å². The van der Waals surface area contributed by atoms with Gasteiger partial charge in [-0.2, -0.15) is 0 Å². The van der Waals surface area contributed by atoms with Crippen molar-refractivity contribution in [3.63, 3.8) is 0 Å². The Morgan fingerprint density at radius 3 is 2.30 bits per heavy atom. The van der Waals surface area contributed by atoms with Crippen LogP contribution >= 0.6 is 0 Å². The average Bonchev–Trinajstić information content (AvgIpc) is 2.72. The van der Waals surface area contributed by atoms with Crippen LogP contribution in [0.3, 0.4) is 0 Å². The van der Waals surface area contributed by atoms with Gasteiger partial charge in [0.1, 0.15) is 11.6 Å². The molecule has 0 unspecified atom stereocenters. The molecule has 4 heteroatoms. The van der Waals surface area contributed by atoms with Gasteiger partial charge >= 0.3 is 0 Å². The summed E-state index contributed by atoms with van der Waals surface area (Å²) in [4.78, 5) is 14.5. The fraction of sp³-hybridized carbons (Fsp3) is 0.0870. The third-order valence-corrected chi connectivity index (χ3v) is 4.13. The molecule has 3 aromatic carbocycles. The molecule has 0 N–H and O–H groups in total. The first kappa shape index (κ1) is 18.4. The Bertz CT molecular complexity index is 921. The number of ether oxygens (including phenoxy) is 1. The van der Waals surface area contributed by atoms with Crippen LogP contribution in [0.4, 0.5) is 10.1 Å². The number of amides is 1. The van der Waals surface area contributed by atoms with Crippen LogP contribution in [0.5, 0.6) is 5.75 Å². The number of rotatable bonds is 6. The summed E-state index contributed by atoms with van der Waals surface area (Å²) >= 11 is 0. The Morgan fingerprint density at radius 2 is 1.63 bits per heavy atom. The van der Waals surface area contributed by atoms with Crippen LogP contribution in [-0.4, -0.2) is 19.6 Å². The van der Waals surface area contributed by atoms with E-state index in [1.54, 1.807) is 43.5 Å². The molecule has 0 bridgehead atoms. The Labute approximate surface area is 158 Å². The second kappa shape index (κ2) is 8.81. The zero-order valence-corrected chi connectivity index (χ0v) is 15.0. The molecule has 0 aliphatic carbocycles. The van der Waals surface area contributed by atoms with Crippen molar-refractivity contribution in [2.24, 2.45) is 0 Å². The molecule has 3 rings (SSSR count). The highest BCUT2D eigenvalue weighted by Gasteiger charge is 2.19. The largest absolute Gasteiger partial charge is 0.497 e. The van der Waals surface area contributed by atoms with Gasteiger partial charge in [-0.25, -0.2) is 4.39 Å². The van der Waals surface area contributed by atoms with Crippen molar-refractivity contribution >= 4 is 17.7 Å². The maximum atomic E-state index is 14.1. The molecule has 0 saturated heterocycles. The number of hydrogen-bond donors (Lipinski definition) is 0. The summed E-state index contributed by atoms with van der Waals surface area (Å²) in [5.41, 5.74) is 1.74. The van der Waals surface area contributed by atoms with Crippen LogP contribution in [0.2, 0.25) is 0 Å². The fourth-order valence-corrected chi connectivity index (χ4v) is 2.71. The number of anilines is 1.